The summed E-state index contributed by atoms with van der Waals surface area (Å²) in [6, 6.07) is 0. The molecule has 0 aromatic carbocycles. The molecular weight excluding hydrogens is 176 g/mol. The molecule has 3 heteroatoms. The molecule has 0 bridgehead atoms. The van der Waals surface area contributed by atoms with Crippen molar-refractivity contribution in [3.05, 3.63) is 18.2 Å². The summed E-state index contributed by atoms with van der Waals surface area (Å²) in [5, 5.41) is 0. The fraction of sp³-hybridized carbons (Fsp3) is 0.636. The van der Waals surface area contributed by atoms with E-state index < -0.39 is 0 Å². The van der Waals surface area contributed by atoms with Gasteiger partial charge in [0.2, 0.25) is 0 Å². The van der Waals surface area contributed by atoms with Crippen LogP contribution >= 0.6 is 0 Å². The molecule has 1 aliphatic rings. The van der Waals surface area contributed by atoms with Crippen LogP contribution in [0.1, 0.15) is 31.5 Å². The van der Waals surface area contributed by atoms with Crippen molar-refractivity contribution in [2.75, 3.05) is 0 Å². The molecule has 1 saturated carbocycles. The fourth-order valence-electron chi connectivity index (χ4n) is 1.81. The number of hydrogen-bond acceptors (Lipinski definition) is 2. The first-order valence-corrected chi connectivity index (χ1v) is 5.26. The van der Waals surface area contributed by atoms with Crippen LogP contribution in [0.2, 0.25) is 0 Å². The maximum atomic E-state index is 11.6. The van der Waals surface area contributed by atoms with E-state index in [9.17, 15) is 4.79 Å². The van der Waals surface area contributed by atoms with Crippen LogP contribution in [-0.2, 0) is 18.3 Å². The second-order valence-corrected chi connectivity index (χ2v) is 4.05. The first kappa shape index (κ1) is 9.44. The van der Waals surface area contributed by atoms with Crippen molar-refractivity contribution in [1.82, 2.24) is 9.55 Å². The Balaban J connectivity index is 1.82. The van der Waals surface area contributed by atoms with E-state index in [4.69, 9.17) is 0 Å². The Hall–Kier alpha value is -1.12. The molecule has 0 unspecified atom stereocenters. The fourth-order valence-corrected chi connectivity index (χ4v) is 1.81. The average molecular weight is 192 g/mol. The first-order valence-electron chi connectivity index (χ1n) is 5.26. The van der Waals surface area contributed by atoms with E-state index >= 15 is 0 Å². The topological polar surface area (TPSA) is 34.9 Å². The SMILES string of the molecule is Cn1ccnc1CCC(=O)C1CCC1. The van der Waals surface area contributed by atoms with Crippen molar-refractivity contribution in [3.63, 3.8) is 0 Å². The van der Waals surface area contributed by atoms with E-state index in [2.05, 4.69) is 4.98 Å². The third-order valence-electron chi connectivity index (χ3n) is 3.08. The Kier molecular flexibility index (Phi) is 2.66. The number of carbonyl (C=O) groups excluding carboxylic acids is 1. The Morgan fingerprint density at radius 3 is 2.93 bits per heavy atom. The molecule has 1 aromatic heterocycles. The van der Waals surface area contributed by atoms with Crippen molar-refractivity contribution < 1.29 is 4.79 Å². The van der Waals surface area contributed by atoms with Gasteiger partial charge >= 0.3 is 0 Å². The van der Waals surface area contributed by atoms with E-state index in [0.29, 0.717) is 18.1 Å². The van der Waals surface area contributed by atoms with Crippen molar-refractivity contribution in [2.45, 2.75) is 32.1 Å². The van der Waals surface area contributed by atoms with Gasteiger partial charge in [-0.1, -0.05) is 6.42 Å². The summed E-state index contributed by atoms with van der Waals surface area (Å²) in [4.78, 5) is 15.8. The highest BCUT2D eigenvalue weighted by Gasteiger charge is 2.24. The van der Waals surface area contributed by atoms with E-state index in [1.54, 1.807) is 6.20 Å². The summed E-state index contributed by atoms with van der Waals surface area (Å²) in [6.07, 6.45) is 8.61. The molecule has 1 heterocycles. The number of Topliss-reactive ketones (excluding diaryl/α,β-unsaturated/α-hetero) is 1. The Labute approximate surface area is 84.1 Å². The van der Waals surface area contributed by atoms with Crippen LogP contribution in [0.15, 0.2) is 12.4 Å². The number of nitrogens with zero attached hydrogens (tertiary/aromatic N) is 2. The molecule has 1 fully saturated rings. The number of hydrogen-bond donors (Lipinski definition) is 0. The van der Waals surface area contributed by atoms with Crippen LogP contribution in [0, 0.1) is 5.92 Å². The van der Waals surface area contributed by atoms with E-state index in [1.807, 2.05) is 17.8 Å². The number of imidazole rings is 1. The smallest absolute Gasteiger partial charge is 0.136 e. The molecule has 1 aromatic rings. The van der Waals surface area contributed by atoms with Gasteiger partial charge in [-0.25, -0.2) is 4.98 Å². The van der Waals surface area contributed by atoms with Crippen LogP contribution in [0.5, 0.6) is 0 Å². The first-order chi connectivity index (χ1) is 6.77. The third kappa shape index (κ3) is 1.86. The largest absolute Gasteiger partial charge is 0.338 e. The summed E-state index contributed by atoms with van der Waals surface area (Å²) in [5.74, 6) is 1.81. The molecule has 3 nitrogen and oxygen atoms in total. The maximum Gasteiger partial charge on any atom is 0.136 e. The van der Waals surface area contributed by atoms with Crippen molar-refractivity contribution in [1.29, 1.82) is 0 Å². The van der Waals surface area contributed by atoms with E-state index in [0.717, 1.165) is 25.1 Å². The highest BCUT2D eigenvalue weighted by atomic mass is 16.1. The minimum Gasteiger partial charge on any atom is -0.338 e. The molecule has 76 valence electrons. The minimum absolute atomic E-state index is 0.371. The Morgan fingerprint density at radius 1 is 1.64 bits per heavy atom. The average Bonchev–Trinajstić information content (AvgIpc) is 2.44. The van der Waals surface area contributed by atoms with Crippen LogP contribution < -0.4 is 0 Å². The molecule has 14 heavy (non-hydrogen) atoms. The van der Waals surface area contributed by atoms with Gasteiger partial charge in [0.25, 0.3) is 0 Å². The summed E-state index contributed by atoms with van der Waals surface area (Å²) in [7, 11) is 1.97. The lowest BCUT2D eigenvalue weighted by Gasteiger charge is -2.23. The Bertz CT molecular complexity index is 326. The van der Waals surface area contributed by atoms with Gasteiger partial charge in [0.05, 0.1) is 0 Å². The normalized spacial score (nSPS) is 16.6. The van der Waals surface area contributed by atoms with Gasteiger partial charge in [0, 0.05) is 38.2 Å². The Morgan fingerprint density at radius 2 is 2.43 bits per heavy atom. The quantitative estimate of drug-likeness (QED) is 0.728. The zero-order valence-corrected chi connectivity index (χ0v) is 8.57. The molecule has 0 saturated heterocycles. The predicted molar refractivity (Wildman–Crippen MR) is 53.9 cm³/mol. The molecule has 0 radical (unpaired) electrons. The highest BCUT2D eigenvalue weighted by molar-refractivity contribution is 5.81. The van der Waals surface area contributed by atoms with Crippen LogP contribution in [-0.4, -0.2) is 15.3 Å². The molecule has 0 spiro atoms. The number of rotatable bonds is 4. The molecular formula is C11H16N2O. The van der Waals surface area contributed by atoms with Crippen LogP contribution in [0.25, 0.3) is 0 Å². The molecule has 2 rings (SSSR count). The van der Waals surface area contributed by atoms with Gasteiger partial charge in [-0.15, -0.1) is 0 Å². The van der Waals surface area contributed by atoms with Gasteiger partial charge in [0.15, 0.2) is 0 Å². The third-order valence-corrected chi connectivity index (χ3v) is 3.08. The molecule has 0 atom stereocenters. The number of aromatic nitrogens is 2. The van der Waals surface area contributed by atoms with E-state index in [1.165, 1.54) is 6.42 Å². The number of ketones is 1. The predicted octanol–water partition coefficient (Wildman–Crippen LogP) is 1.72. The zero-order chi connectivity index (χ0) is 9.97. The standard InChI is InChI=1S/C11H16N2O/c1-13-8-7-12-11(13)6-5-10(14)9-3-2-4-9/h7-9H,2-6H2,1H3. The number of carbonyl (C=O) groups is 1. The molecule has 0 N–H and O–H groups in total. The molecule has 1 aliphatic carbocycles. The van der Waals surface area contributed by atoms with Gasteiger partial charge in [-0.3, -0.25) is 4.79 Å². The second-order valence-electron chi connectivity index (χ2n) is 4.05. The summed E-state index contributed by atoms with van der Waals surface area (Å²) in [5.41, 5.74) is 0. The minimum atomic E-state index is 0.371. The van der Waals surface area contributed by atoms with Gasteiger partial charge in [-0.05, 0) is 12.8 Å². The lowest BCUT2D eigenvalue weighted by atomic mass is 9.81. The lowest BCUT2D eigenvalue weighted by Crippen LogP contribution is -2.22. The number of aryl methyl sites for hydroxylation is 2. The van der Waals surface area contributed by atoms with Gasteiger partial charge in [0.1, 0.15) is 11.6 Å². The lowest BCUT2D eigenvalue weighted by molar-refractivity contribution is -0.125. The summed E-state index contributed by atoms with van der Waals surface area (Å²) >= 11 is 0. The van der Waals surface area contributed by atoms with Crippen molar-refractivity contribution in [3.8, 4) is 0 Å². The van der Waals surface area contributed by atoms with Gasteiger partial charge in [-0.2, -0.15) is 0 Å². The zero-order valence-electron chi connectivity index (χ0n) is 8.57. The molecule has 0 aliphatic heterocycles. The van der Waals surface area contributed by atoms with Crippen molar-refractivity contribution in [2.24, 2.45) is 13.0 Å². The summed E-state index contributed by atoms with van der Waals surface area (Å²) in [6.45, 7) is 0. The monoisotopic (exact) mass is 192 g/mol. The van der Waals surface area contributed by atoms with E-state index in [-0.39, 0.29) is 0 Å². The van der Waals surface area contributed by atoms with Crippen LogP contribution in [0.3, 0.4) is 0 Å². The summed E-state index contributed by atoms with van der Waals surface area (Å²) < 4.78 is 1.98. The van der Waals surface area contributed by atoms with Gasteiger partial charge < -0.3 is 4.57 Å². The van der Waals surface area contributed by atoms with Crippen molar-refractivity contribution >= 4 is 5.78 Å². The maximum absolute atomic E-state index is 11.6. The molecule has 0 amide bonds. The highest BCUT2D eigenvalue weighted by Crippen LogP contribution is 2.28. The van der Waals surface area contributed by atoms with Crippen LogP contribution in [0.4, 0.5) is 0 Å². The second kappa shape index (κ2) is 3.95.